The van der Waals surface area contributed by atoms with E-state index in [-0.39, 0.29) is 12.2 Å². The minimum Gasteiger partial charge on any atom is -0.406 e. The van der Waals surface area contributed by atoms with E-state index in [1.807, 2.05) is 23.1 Å². The number of aryl methyl sites for hydroxylation is 1. The van der Waals surface area contributed by atoms with Gasteiger partial charge in [0.1, 0.15) is 17.7 Å². The molecule has 2 amide bonds. The zero-order valence-electron chi connectivity index (χ0n) is 18.8. The van der Waals surface area contributed by atoms with Gasteiger partial charge in [0.25, 0.3) is 5.91 Å². The van der Waals surface area contributed by atoms with E-state index in [1.54, 1.807) is 11.1 Å². The van der Waals surface area contributed by atoms with Gasteiger partial charge in [-0.25, -0.2) is 10.5 Å². The minimum atomic E-state index is -4.78. The van der Waals surface area contributed by atoms with Crippen LogP contribution in [0.25, 0.3) is 0 Å². The van der Waals surface area contributed by atoms with Crippen molar-refractivity contribution in [2.24, 2.45) is 5.92 Å². The number of carbonyl (C=O) groups excluding carboxylic acids is 2. The average molecular weight is 496 g/mol. The molecule has 0 unspecified atom stereocenters. The summed E-state index contributed by atoms with van der Waals surface area (Å²) in [5.41, 5.74) is 2.09. The molecule has 0 radical (unpaired) electrons. The third kappa shape index (κ3) is 7.55. The molecule has 9 nitrogen and oxygen atoms in total. The number of alkyl halides is 3. The van der Waals surface area contributed by atoms with Crippen LogP contribution in [-0.4, -0.2) is 70.7 Å². The number of hydroxylamine groups is 1. The van der Waals surface area contributed by atoms with Gasteiger partial charge in [0.05, 0.1) is 5.92 Å². The van der Waals surface area contributed by atoms with Crippen molar-refractivity contribution in [3.8, 4) is 5.75 Å². The highest BCUT2D eigenvalue weighted by atomic mass is 19.4. The first kappa shape index (κ1) is 26.2. The first-order valence-electron chi connectivity index (χ1n) is 11.1. The zero-order chi connectivity index (χ0) is 25.4. The largest absolute Gasteiger partial charge is 0.573 e. The number of halogens is 3. The highest BCUT2D eigenvalue weighted by Gasteiger charge is 2.36. The Morgan fingerprint density at radius 3 is 2.34 bits per heavy atom. The molecule has 1 aromatic heterocycles. The summed E-state index contributed by atoms with van der Waals surface area (Å²) in [6.45, 7) is 1.81. The number of nitrogens with zero attached hydrogens (tertiary/aromatic N) is 3. The second-order valence-corrected chi connectivity index (χ2v) is 8.11. The second kappa shape index (κ2) is 11.8. The summed E-state index contributed by atoms with van der Waals surface area (Å²) < 4.78 is 40.8. The molecule has 0 spiro atoms. The van der Waals surface area contributed by atoms with Gasteiger partial charge in [-0.2, -0.15) is 0 Å². The number of carbonyl (C=O) groups is 2. The van der Waals surface area contributed by atoms with Crippen molar-refractivity contribution in [2.75, 3.05) is 31.1 Å². The molecule has 3 N–H and O–H groups in total. The lowest BCUT2D eigenvalue weighted by atomic mass is 9.92. The quantitative estimate of drug-likeness (QED) is 0.360. The lowest BCUT2D eigenvalue weighted by Gasteiger charge is -2.37. The van der Waals surface area contributed by atoms with Gasteiger partial charge < -0.3 is 19.6 Å². The standard InChI is InChI=1S/C23H27F3N4O5/c24-23(25,26)35-17-9-7-16(8-10-17)4-3-5-18(20(31)21(32)28-34)22(33)30-14-12-29(13-15-30)19-6-1-2-11-27-19/h1-2,6-11,18,20,31,34H,3-5,12-15H2,(H,28,32)/t18-,20+/m1/s1. The van der Waals surface area contributed by atoms with Crippen LogP contribution in [0.1, 0.15) is 18.4 Å². The maximum Gasteiger partial charge on any atom is 0.573 e. The van der Waals surface area contributed by atoms with Crippen LogP contribution in [-0.2, 0) is 16.0 Å². The molecule has 1 aromatic carbocycles. The number of pyridine rings is 1. The fraction of sp³-hybridized carbons (Fsp3) is 0.435. The van der Waals surface area contributed by atoms with Gasteiger partial charge in [-0.3, -0.25) is 14.8 Å². The molecule has 2 atom stereocenters. The van der Waals surface area contributed by atoms with Crippen molar-refractivity contribution >= 4 is 17.6 Å². The number of piperazine rings is 1. The molecule has 0 saturated carbocycles. The molecule has 2 heterocycles. The van der Waals surface area contributed by atoms with E-state index in [0.29, 0.717) is 44.6 Å². The van der Waals surface area contributed by atoms with E-state index in [0.717, 1.165) is 5.82 Å². The normalized spacial score (nSPS) is 15.9. The van der Waals surface area contributed by atoms with Crippen LogP contribution >= 0.6 is 0 Å². The van der Waals surface area contributed by atoms with E-state index in [4.69, 9.17) is 5.21 Å². The van der Waals surface area contributed by atoms with Crippen LogP contribution in [0, 0.1) is 5.92 Å². The van der Waals surface area contributed by atoms with Crippen molar-refractivity contribution < 1.29 is 37.8 Å². The molecule has 1 aliphatic rings. The summed E-state index contributed by atoms with van der Waals surface area (Å²) in [5, 5.41) is 19.3. The number of amides is 2. The molecule has 1 saturated heterocycles. The first-order valence-corrected chi connectivity index (χ1v) is 11.1. The Morgan fingerprint density at radius 2 is 1.77 bits per heavy atom. The summed E-state index contributed by atoms with van der Waals surface area (Å²) in [6, 6.07) is 10.9. The van der Waals surface area contributed by atoms with Gasteiger partial charge in [0.2, 0.25) is 5.91 Å². The summed E-state index contributed by atoms with van der Waals surface area (Å²) in [7, 11) is 0. The number of ether oxygens (including phenoxy) is 1. The van der Waals surface area contributed by atoms with Crippen molar-refractivity contribution in [1.29, 1.82) is 0 Å². The van der Waals surface area contributed by atoms with Crippen LogP contribution in [0.3, 0.4) is 0 Å². The van der Waals surface area contributed by atoms with Gasteiger partial charge in [-0.05, 0) is 49.1 Å². The Labute approximate surface area is 200 Å². The van der Waals surface area contributed by atoms with E-state index in [1.165, 1.54) is 29.7 Å². The summed E-state index contributed by atoms with van der Waals surface area (Å²) >= 11 is 0. The predicted octanol–water partition coefficient (Wildman–Crippen LogP) is 2.13. The van der Waals surface area contributed by atoms with E-state index in [2.05, 4.69) is 9.72 Å². The van der Waals surface area contributed by atoms with Crippen LogP contribution in [0.15, 0.2) is 48.7 Å². The van der Waals surface area contributed by atoms with Crippen molar-refractivity contribution in [3.63, 3.8) is 0 Å². The second-order valence-electron chi connectivity index (χ2n) is 8.11. The number of aromatic nitrogens is 1. The van der Waals surface area contributed by atoms with Crippen LogP contribution in [0.5, 0.6) is 5.75 Å². The molecule has 35 heavy (non-hydrogen) atoms. The number of nitrogens with one attached hydrogen (secondary N) is 1. The van der Waals surface area contributed by atoms with Gasteiger partial charge in [-0.1, -0.05) is 18.2 Å². The van der Waals surface area contributed by atoms with Gasteiger partial charge in [-0.15, -0.1) is 13.2 Å². The highest BCUT2D eigenvalue weighted by molar-refractivity contribution is 5.88. The van der Waals surface area contributed by atoms with E-state index < -0.39 is 30.2 Å². The fourth-order valence-electron chi connectivity index (χ4n) is 3.98. The number of rotatable bonds is 9. The zero-order valence-corrected chi connectivity index (χ0v) is 18.8. The third-order valence-corrected chi connectivity index (χ3v) is 5.78. The molecule has 12 heteroatoms. The fourth-order valence-corrected chi connectivity index (χ4v) is 3.98. The molecular formula is C23H27F3N4O5. The van der Waals surface area contributed by atoms with Crippen molar-refractivity contribution in [1.82, 2.24) is 15.4 Å². The lowest BCUT2D eigenvalue weighted by Crippen LogP contribution is -2.53. The number of hydrogen-bond donors (Lipinski definition) is 3. The predicted molar refractivity (Wildman–Crippen MR) is 119 cm³/mol. The molecule has 3 rings (SSSR count). The Balaban J connectivity index is 1.58. The minimum absolute atomic E-state index is 0.134. The van der Waals surface area contributed by atoms with Crippen molar-refractivity contribution in [2.45, 2.75) is 31.7 Å². The molecule has 0 bridgehead atoms. The van der Waals surface area contributed by atoms with Crippen LogP contribution < -0.4 is 15.1 Å². The number of hydrogen-bond acceptors (Lipinski definition) is 7. The Kier molecular flexibility index (Phi) is 8.88. The lowest BCUT2D eigenvalue weighted by molar-refractivity contribution is -0.274. The smallest absolute Gasteiger partial charge is 0.406 e. The molecule has 190 valence electrons. The average Bonchev–Trinajstić information content (AvgIpc) is 2.86. The van der Waals surface area contributed by atoms with Crippen molar-refractivity contribution in [3.05, 3.63) is 54.2 Å². The highest BCUT2D eigenvalue weighted by Crippen LogP contribution is 2.24. The number of aliphatic hydroxyl groups is 1. The first-order chi connectivity index (χ1) is 16.7. The molecule has 1 aliphatic heterocycles. The van der Waals surface area contributed by atoms with Crippen LogP contribution in [0.4, 0.5) is 19.0 Å². The molecular weight excluding hydrogens is 469 g/mol. The van der Waals surface area contributed by atoms with Crippen LogP contribution in [0.2, 0.25) is 0 Å². The third-order valence-electron chi connectivity index (χ3n) is 5.78. The van der Waals surface area contributed by atoms with E-state index in [9.17, 15) is 27.9 Å². The Hall–Kier alpha value is -3.38. The molecule has 1 fully saturated rings. The van der Waals surface area contributed by atoms with Gasteiger partial charge >= 0.3 is 6.36 Å². The monoisotopic (exact) mass is 496 g/mol. The summed E-state index contributed by atoms with van der Waals surface area (Å²) in [4.78, 5) is 32.9. The number of aliphatic hydroxyl groups excluding tert-OH is 1. The topological polar surface area (TPSA) is 115 Å². The summed E-state index contributed by atoms with van der Waals surface area (Å²) in [6.07, 6.45) is -3.93. The van der Waals surface area contributed by atoms with Gasteiger partial charge in [0.15, 0.2) is 0 Å². The number of benzene rings is 1. The SMILES string of the molecule is O=C(NO)[C@@H](O)[C@@H](CCCc1ccc(OC(F)(F)F)cc1)C(=O)N1CCN(c2ccccn2)CC1. The summed E-state index contributed by atoms with van der Waals surface area (Å²) in [5.74, 6) is -2.12. The maximum absolute atomic E-state index is 13.2. The number of anilines is 1. The van der Waals surface area contributed by atoms with E-state index >= 15 is 0 Å². The van der Waals surface area contributed by atoms with Gasteiger partial charge in [0, 0.05) is 32.4 Å². The maximum atomic E-state index is 13.2. The molecule has 0 aliphatic carbocycles. The molecule has 2 aromatic rings. The Morgan fingerprint density at radius 1 is 1.09 bits per heavy atom. The Bertz CT molecular complexity index is 967.